The van der Waals surface area contributed by atoms with E-state index in [1.165, 1.54) is 25.4 Å². The van der Waals surface area contributed by atoms with Gasteiger partial charge in [-0.05, 0) is 0 Å². The SMILES string of the molecule is COc1c(Cl)ncnc1N(C)CC(F)F. The number of halogens is 3. The number of hydrogen-bond acceptors (Lipinski definition) is 4. The molecule has 4 nitrogen and oxygen atoms in total. The molecule has 0 aliphatic carbocycles. The molecular formula is C8H10ClF2N3O. The molecule has 0 aromatic carbocycles. The molecule has 0 N–H and O–H groups in total. The summed E-state index contributed by atoms with van der Waals surface area (Å²) in [7, 11) is 2.86. The van der Waals surface area contributed by atoms with E-state index in [-0.39, 0.29) is 16.7 Å². The summed E-state index contributed by atoms with van der Waals surface area (Å²) < 4.78 is 29.2. The molecule has 0 spiro atoms. The zero-order valence-electron chi connectivity index (χ0n) is 8.25. The van der Waals surface area contributed by atoms with Gasteiger partial charge in [0.1, 0.15) is 6.33 Å². The monoisotopic (exact) mass is 237 g/mol. The first-order chi connectivity index (χ1) is 7.06. The molecule has 0 fully saturated rings. The van der Waals surface area contributed by atoms with Gasteiger partial charge in [-0.15, -0.1) is 0 Å². The van der Waals surface area contributed by atoms with Crippen molar-refractivity contribution < 1.29 is 13.5 Å². The van der Waals surface area contributed by atoms with Crippen molar-refractivity contribution in [1.82, 2.24) is 9.97 Å². The Morgan fingerprint density at radius 3 is 2.73 bits per heavy atom. The molecule has 0 saturated carbocycles. The maximum absolute atomic E-state index is 12.1. The Balaban J connectivity index is 2.97. The number of nitrogens with zero attached hydrogens (tertiary/aromatic N) is 3. The Labute approximate surface area is 90.8 Å². The molecule has 1 heterocycles. The molecule has 0 aliphatic rings. The van der Waals surface area contributed by atoms with Crippen LogP contribution in [0.25, 0.3) is 0 Å². The predicted molar refractivity (Wildman–Crippen MR) is 52.9 cm³/mol. The summed E-state index contributed by atoms with van der Waals surface area (Å²) in [6.07, 6.45) is -1.25. The molecular weight excluding hydrogens is 228 g/mol. The minimum Gasteiger partial charge on any atom is -0.490 e. The molecule has 1 rings (SSSR count). The number of methoxy groups -OCH3 is 1. The van der Waals surface area contributed by atoms with Crippen LogP contribution in [0.5, 0.6) is 5.75 Å². The average molecular weight is 238 g/mol. The largest absolute Gasteiger partial charge is 0.490 e. The zero-order chi connectivity index (χ0) is 11.4. The summed E-state index contributed by atoms with van der Waals surface area (Å²) in [6, 6.07) is 0. The van der Waals surface area contributed by atoms with E-state index in [0.29, 0.717) is 0 Å². The third-order valence-corrected chi connectivity index (χ3v) is 1.99. The summed E-state index contributed by atoms with van der Waals surface area (Å²) in [5.41, 5.74) is 0. The van der Waals surface area contributed by atoms with Crippen LogP contribution in [-0.2, 0) is 0 Å². The van der Waals surface area contributed by atoms with Crippen LogP contribution in [0.1, 0.15) is 0 Å². The van der Waals surface area contributed by atoms with Crippen molar-refractivity contribution in [1.29, 1.82) is 0 Å². The van der Waals surface area contributed by atoms with E-state index >= 15 is 0 Å². The molecule has 15 heavy (non-hydrogen) atoms. The Bertz CT molecular complexity index is 338. The van der Waals surface area contributed by atoms with Crippen LogP contribution in [0.15, 0.2) is 6.33 Å². The van der Waals surface area contributed by atoms with Gasteiger partial charge in [-0.2, -0.15) is 0 Å². The van der Waals surface area contributed by atoms with Crippen molar-refractivity contribution in [2.24, 2.45) is 0 Å². The van der Waals surface area contributed by atoms with E-state index in [2.05, 4.69) is 9.97 Å². The Morgan fingerprint density at radius 1 is 1.53 bits per heavy atom. The van der Waals surface area contributed by atoms with E-state index in [1.807, 2.05) is 0 Å². The van der Waals surface area contributed by atoms with Gasteiger partial charge in [0.2, 0.25) is 0 Å². The maximum Gasteiger partial charge on any atom is 0.255 e. The lowest BCUT2D eigenvalue weighted by molar-refractivity contribution is 0.156. The summed E-state index contributed by atoms with van der Waals surface area (Å²) >= 11 is 5.72. The third kappa shape index (κ3) is 2.89. The smallest absolute Gasteiger partial charge is 0.255 e. The second kappa shape index (κ2) is 5.06. The lowest BCUT2D eigenvalue weighted by Gasteiger charge is -2.19. The van der Waals surface area contributed by atoms with Crippen molar-refractivity contribution in [3.05, 3.63) is 11.5 Å². The molecule has 0 aliphatic heterocycles. The van der Waals surface area contributed by atoms with Gasteiger partial charge < -0.3 is 9.64 Å². The fourth-order valence-corrected chi connectivity index (χ4v) is 1.29. The van der Waals surface area contributed by atoms with Crippen molar-refractivity contribution in [3.63, 3.8) is 0 Å². The minimum atomic E-state index is -2.45. The van der Waals surface area contributed by atoms with E-state index in [4.69, 9.17) is 16.3 Å². The average Bonchev–Trinajstić information content (AvgIpc) is 2.16. The fraction of sp³-hybridized carbons (Fsp3) is 0.500. The Hall–Kier alpha value is -1.17. The van der Waals surface area contributed by atoms with Crippen LogP contribution in [0.4, 0.5) is 14.6 Å². The second-order valence-corrected chi connectivity index (χ2v) is 3.15. The number of alkyl halides is 2. The van der Waals surface area contributed by atoms with Crippen molar-refractivity contribution in [2.45, 2.75) is 6.43 Å². The van der Waals surface area contributed by atoms with Gasteiger partial charge in [-0.1, -0.05) is 11.6 Å². The first-order valence-corrected chi connectivity index (χ1v) is 4.47. The van der Waals surface area contributed by atoms with Gasteiger partial charge in [-0.25, -0.2) is 18.7 Å². The highest BCUT2D eigenvalue weighted by molar-refractivity contribution is 6.31. The second-order valence-electron chi connectivity index (χ2n) is 2.79. The molecule has 0 radical (unpaired) electrons. The standard InChI is InChI=1S/C8H10ClF2N3O/c1-14(3-5(10)11)8-6(15-2)7(9)12-4-13-8/h4-5H,3H2,1-2H3. The van der Waals surface area contributed by atoms with Crippen LogP contribution < -0.4 is 9.64 Å². The molecule has 1 aromatic heterocycles. The molecule has 0 saturated heterocycles. The topological polar surface area (TPSA) is 38.3 Å². The number of hydrogen-bond donors (Lipinski definition) is 0. The molecule has 1 aromatic rings. The first kappa shape index (κ1) is 11.9. The summed E-state index contributed by atoms with van der Waals surface area (Å²) in [5, 5.41) is 0.101. The van der Waals surface area contributed by atoms with Gasteiger partial charge in [0, 0.05) is 7.05 Å². The van der Waals surface area contributed by atoms with Gasteiger partial charge in [0.15, 0.2) is 16.7 Å². The zero-order valence-corrected chi connectivity index (χ0v) is 9.00. The third-order valence-electron chi connectivity index (χ3n) is 1.72. The maximum atomic E-state index is 12.1. The molecule has 0 amide bonds. The molecule has 7 heteroatoms. The van der Waals surface area contributed by atoms with Gasteiger partial charge >= 0.3 is 0 Å². The number of ether oxygens (including phenoxy) is 1. The predicted octanol–water partition coefficient (Wildman–Crippen LogP) is 1.84. The van der Waals surface area contributed by atoms with Crippen molar-refractivity contribution in [2.75, 3.05) is 25.6 Å². The number of aromatic nitrogens is 2. The van der Waals surface area contributed by atoms with Gasteiger partial charge in [-0.3, -0.25) is 0 Å². The highest BCUT2D eigenvalue weighted by atomic mass is 35.5. The van der Waals surface area contributed by atoms with Crippen LogP contribution in [-0.4, -0.2) is 37.1 Å². The van der Waals surface area contributed by atoms with E-state index in [1.54, 1.807) is 0 Å². The van der Waals surface area contributed by atoms with E-state index < -0.39 is 13.0 Å². The van der Waals surface area contributed by atoms with Gasteiger partial charge in [0.25, 0.3) is 6.43 Å². The number of anilines is 1. The minimum absolute atomic E-state index is 0.101. The van der Waals surface area contributed by atoms with Crippen molar-refractivity contribution in [3.8, 4) is 5.75 Å². The van der Waals surface area contributed by atoms with Gasteiger partial charge in [0.05, 0.1) is 13.7 Å². The van der Waals surface area contributed by atoms with E-state index in [9.17, 15) is 8.78 Å². The van der Waals surface area contributed by atoms with Crippen LogP contribution in [0, 0.1) is 0 Å². The highest BCUT2D eigenvalue weighted by Crippen LogP contribution is 2.30. The summed E-state index contributed by atoms with van der Waals surface area (Å²) in [6.45, 7) is -0.441. The fourth-order valence-electron chi connectivity index (χ4n) is 1.08. The molecule has 84 valence electrons. The first-order valence-electron chi connectivity index (χ1n) is 4.10. The molecule has 0 unspecified atom stereocenters. The number of rotatable bonds is 4. The van der Waals surface area contributed by atoms with Crippen molar-refractivity contribution >= 4 is 17.4 Å². The lowest BCUT2D eigenvalue weighted by atomic mass is 10.4. The van der Waals surface area contributed by atoms with Crippen LogP contribution in [0.3, 0.4) is 0 Å². The van der Waals surface area contributed by atoms with E-state index in [0.717, 1.165) is 0 Å². The Kier molecular flexibility index (Phi) is 4.02. The highest BCUT2D eigenvalue weighted by Gasteiger charge is 2.16. The normalized spacial score (nSPS) is 10.5. The summed E-state index contributed by atoms with van der Waals surface area (Å²) in [5.74, 6) is 0.445. The van der Waals surface area contributed by atoms with Crippen LogP contribution >= 0.6 is 11.6 Å². The molecule has 0 atom stereocenters. The summed E-state index contributed by atoms with van der Waals surface area (Å²) in [4.78, 5) is 8.78. The molecule has 0 bridgehead atoms. The Morgan fingerprint density at radius 2 is 2.20 bits per heavy atom. The van der Waals surface area contributed by atoms with Crippen LogP contribution in [0.2, 0.25) is 5.15 Å². The lowest BCUT2D eigenvalue weighted by Crippen LogP contribution is -2.25. The quantitative estimate of drug-likeness (QED) is 0.749.